The molecule has 2 rings (SSSR count). The molecule has 0 bridgehead atoms. The van der Waals surface area contributed by atoms with Crippen molar-refractivity contribution >= 4 is 18.3 Å². The summed E-state index contributed by atoms with van der Waals surface area (Å²) in [7, 11) is 1.90. The van der Waals surface area contributed by atoms with Crippen molar-refractivity contribution in [3.8, 4) is 0 Å². The van der Waals surface area contributed by atoms with Gasteiger partial charge in [0.05, 0.1) is 0 Å². The van der Waals surface area contributed by atoms with Gasteiger partial charge in [-0.25, -0.2) is 0 Å². The fourth-order valence-electron chi connectivity index (χ4n) is 2.87. The van der Waals surface area contributed by atoms with Gasteiger partial charge in [0.1, 0.15) is 0 Å². The summed E-state index contributed by atoms with van der Waals surface area (Å²) in [6.45, 7) is 1.57. The number of amides is 1. The first-order valence-corrected chi connectivity index (χ1v) is 7.28. The highest BCUT2D eigenvalue weighted by atomic mass is 35.5. The summed E-state index contributed by atoms with van der Waals surface area (Å²) in [6, 6.07) is 10.7. The zero-order valence-electron chi connectivity index (χ0n) is 12.1. The predicted molar refractivity (Wildman–Crippen MR) is 85.3 cm³/mol. The molecule has 112 valence electrons. The average Bonchev–Trinajstić information content (AvgIpc) is 2.48. The van der Waals surface area contributed by atoms with Crippen molar-refractivity contribution in [3.05, 3.63) is 35.9 Å². The Labute approximate surface area is 127 Å². The van der Waals surface area contributed by atoms with Crippen molar-refractivity contribution in [2.24, 2.45) is 5.92 Å². The largest absolute Gasteiger partial charge is 0.355 e. The summed E-state index contributed by atoms with van der Waals surface area (Å²) >= 11 is 0. The van der Waals surface area contributed by atoms with Crippen LogP contribution in [-0.2, 0) is 4.79 Å². The Hall–Kier alpha value is -1.06. The molecular weight excluding hydrogens is 272 g/mol. The van der Waals surface area contributed by atoms with Crippen molar-refractivity contribution in [1.29, 1.82) is 0 Å². The normalized spacial score (nSPS) is 21.9. The van der Waals surface area contributed by atoms with E-state index in [0.717, 1.165) is 38.8 Å². The monoisotopic (exact) mass is 296 g/mol. The van der Waals surface area contributed by atoms with Crippen molar-refractivity contribution < 1.29 is 4.79 Å². The van der Waals surface area contributed by atoms with Crippen molar-refractivity contribution in [2.75, 3.05) is 20.1 Å². The SMILES string of the molecule is CNCCNC(=O)C1CCC(c2ccccc2)CC1.Cl. The van der Waals surface area contributed by atoms with Gasteiger partial charge < -0.3 is 10.6 Å². The van der Waals surface area contributed by atoms with E-state index in [0.29, 0.717) is 5.92 Å². The molecular formula is C16H25ClN2O. The number of halogens is 1. The van der Waals surface area contributed by atoms with Crippen LogP contribution in [0.25, 0.3) is 0 Å². The maximum absolute atomic E-state index is 12.0. The fraction of sp³-hybridized carbons (Fsp3) is 0.562. The van der Waals surface area contributed by atoms with Crippen LogP contribution >= 0.6 is 12.4 Å². The molecule has 0 heterocycles. The molecule has 1 aliphatic carbocycles. The summed E-state index contributed by atoms with van der Waals surface area (Å²) in [4.78, 5) is 12.0. The van der Waals surface area contributed by atoms with E-state index in [1.165, 1.54) is 5.56 Å². The highest BCUT2D eigenvalue weighted by Gasteiger charge is 2.26. The third-order valence-electron chi connectivity index (χ3n) is 4.04. The quantitative estimate of drug-likeness (QED) is 0.820. The van der Waals surface area contributed by atoms with Crippen LogP contribution in [0.4, 0.5) is 0 Å². The van der Waals surface area contributed by atoms with E-state index >= 15 is 0 Å². The molecule has 1 aliphatic rings. The molecule has 2 N–H and O–H groups in total. The van der Waals surface area contributed by atoms with Gasteiger partial charge in [0, 0.05) is 19.0 Å². The molecule has 1 fully saturated rings. The minimum Gasteiger partial charge on any atom is -0.355 e. The smallest absolute Gasteiger partial charge is 0.223 e. The van der Waals surface area contributed by atoms with Gasteiger partial charge in [-0.05, 0) is 44.2 Å². The van der Waals surface area contributed by atoms with E-state index in [2.05, 4.69) is 41.0 Å². The van der Waals surface area contributed by atoms with Crippen molar-refractivity contribution in [1.82, 2.24) is 10.6 Å². The highest BCUT2D eigenvalue weighted by Crippen LogP contribution is 2.35. The minimum atomic E-state index is 0. The molecule has 1 aromatic carbocycles. The molecule has 0 unspecified atom stereocenters. The number of hydrogen-bond donors (Lipinski definition) is 2. The van der Waals surface area contributed by atoms with Crippen molar-refractivity contribution in [3.63, 3.8) is 0 Å². The van der Waals surface area contributed by atoms with Crippen LogP contribution in [0.1, 0.15) is 37.2 Å². The third kappa shape index (κ3) is 4.80. The highest BCUT2D eigenvalue weighted by molar-refractivity contribution is 5.85. The van der Waals surface area contributed by atoms with Gasteiger partial charge >= 0.3 is 0 Å². The molecule has 1 saturated carbocycles. The number of hydrogen-bond acceptors (Lipinski definition) is 2. The van der Waals surface area contributed by atoms with Gasteiger partial charge in [0.2, 0.25) is 5.91 Å². The molecule has 0 atom stereocenters. The van der Waals surface area contributed by atoms with Crippen molar-refractivity contribution in [2.45, 2.75) is 31.6 Å². The Morgan fingerprint density at radius 2 is 1.75 bits per heavy atom. The molecule has 0 saturated heterocycles. The first-order valence-electron chi connectivity index (χ1n) is 7.28. The Kier molecular flexibility index (Phi) is 7.63. The second kappa shape index (κ2) is 8.98. The van der Waals surface area contributed by atoms with Gasteiger partial charge in [0.25, 0.3) is 0 Å². The third-order valence-corrected chi connectivity index (χ3v) is 4.04. The number of rotatable bonds is 5. The number of carbonyl (C=O) groups is 1. The molecule has 1 aromatic rings. The van der Waals surface area contributed by atoms with Crippen LogP contribution in [0, 0.1) is 5.92 Å². The summed E-state index contributed by atoms with van der Waals surface area (Å²) in [5.74, 6) is 1.10. The minimum absolute atomic E-state index is 0. The molecule has 20 heavy (non-hydrogen) atoms. The summed E-state index contributed by atoms with van der Waals surface area (Å²) < 4.78 is 0. The molecule has 4 heteroatoms. The zero-order valence-corrected chi connectivity index (χ0v) is 12.9. The summed E-state index contributed by atoms with van der Waals surface area (Å²) in [5.41, 5.74) is 1.43. The van der Waals surface area contributed by atoms with Crippen LogP contribution in [0.3, 0.4) is 0 Å². The van der Waals surface area contributed by atoms with Gasteiger partial charge in [-0.3, -0.25) is 4.79 Å². The molecule has 0 aromatic heterocycles. The van der Waals surface area contributed by atoms with E-state index in [4.69, 9.17) is 0 Å². The lowest BCUT2D eigenvalue weighted by Crippen LogP contribution is -2.36. The van der Waals surface area contributed by atoms with Crippen LogP contribution in [0.15, 0.2) is 30.3 Å². The first-order chi connectivity index (χ1) is 9.31. The van der Waals surface area contributed by atoms with Crippen LogP contribution in [-0.4, -0.2) is 26.0 Å². The van der Waals surface area contributed by atoms with E-state index < -0.39 is 0 Å². The topological polar surface area (TPSA) is 41.1 Å². The maximum Gasteiger partial charge on any atom is 0.223 e. The average molecular weight is 297 g/mol. The standard InChI is InChI=1S/C16H24N2O.ClH/c1-17-11-12-18-16(19)15-9-7-14(8-10-15)13-5-3-2-4-6-13;/h2-6,14-15,17H,7-12H2,1H3,(H,18,19);1H. The van der Waals surface area contributed by atoms with Gasteiger partial charge in [-0.1, -0.05) is 30.3 Å². The summed E-state index contributed by atoms with van der Waals surface area (Å²) in [5, 5.41) is 6.05. The predicted octanol–water partition coefficient (Wildman–Crippen LogP) is 2.72. The fourth-order valence-corrected chi connectivity index (χ4v) is 2.87. The lowest BCUT2D eigenvalue weighted by Gasteiger charge is -2.28. The number of benzene rings is 1. The van der Waals surface area contributed by atoms with Crippen LogP contribution in [0.5, 0.6) is 0 Å². The van der Waals surface area contributed by atoms with Gasteiger partial charge in [-0.2, -0.15) is 0 Å². The molecule has 3 nitrogen and oxygen atoms in total. The molecule has 0 radical (unpaired) electrons. The van der Waals surface area contributed by atoms with E-state index in [1.807, 2.05) is 7.05 Å². The van der Waals surface area contributed by atoms with E-state index in [9.17, 15) is 4.79 Å². The van der Waals surface area contributed by atoms with Crippen LogP contribution < -0.4 is 10.6 Å². The maximum atomic E-state index is 12.0. The second-order valence-electron chi connectivity index (χ2n) is 5.35. The lowest BCUT2D eigenvalue weighted by atomic mass is 9.78. The Morgan fingerprint density at radius 3 is 2.35 bits per heavy atom. The van der Waals surface area contributed by atoms with E-state index in [1.54, 1.807) is 0 Å². The zero-order chi connectivity index (χ0) is 13.5. The van der Waals surface area contributed by atoms with Crippen LogP contribution in [0.2, 0.25) is 0 Å². The lowest BCUT2D eigenvalue weighted by molar-refractivity contribution is -0.125. The van der Waals surface area contributed by atoms with Gasteiger partial charge in [0.15, 0.2) is 0 Å². The first kappa shape index (κ1) is 17.0. The molecule has 1 amide bonds. The van der Waals surface area contributed by atoms with Gasteiger partial charge in [-0.15, -0.1) is 12.4 Å². The Morgan fingerprint density at radius 1 is 1.10 bits per heavy atom. The number of carbonyl (C=O) groups excluding carboxylic acids is 1. The molecule has 0 spiro atoms. The summed E-state index contributed by atoms with van der Waals surface area (Å²) in [6.07, 6.45) is 4.30. The van der Waals surface area contributed by atoms with E-state index in [-0.39, 0.29) is 24.2 Å². The Balaban J connectivity index is 0.00000200. The Bertz CT molecular complexity index is 389. The second-order valence-corrected chi connectivity index (χ2v) is 5.35. The molecule has 0 aliphatic heterocycles. The number of nitrogens with one attached hydrogen (secondary N) is 2. The number of likely N-dealkylation sites (N-methyl/N-ethyl adjacent to an activating group) is 1.